The van der Waals surface area contributed by atoms with Gasteiger partial charge in [-0.1, -0.05) is 0 Å². The molecule has 124 valence electrons. The minimum absolute atomic E-state index is 0.439. The number of nitrogens with one attached hydrogen (secondary N) is 1. The maximum Gasteiger partial charge on any atom is 0.419 e. The number of methoxy groups -OCH3 is 1. The van der Waals surface area contributed by atoms with Crippen LogP contribution in [0.3, 0.4) is 0 Å². The molecule has 23 heavy (non-hydrogen) atoms. The van der Waals surface area contributed by atoms with E-state index < -0.39 is 11.7 Å². The van der Waals surface area contributed by atoms with Gasteiger partial charge in [0, 0.05) is 24.2 Å². The van der Waals surface area contributed by atoms with Crippen molar-refractivity contribution in [3.05, 3.63) is 30.0 Å². The number of nitrogens with zero attached hydrogens (tertiary/aromatic N) is 1. The van der Waals surface area contributed by atoms with Crippen molar-refractivity contribution in [2.45, 2.75) is 32.8 Å². The second-order valence-corrected chi connectivity index (χ2v) is 6.21. The second kappa shape index (κ2) is 6.73. The number of hydrogen-bond acceptors (Lipinski definition) is 4. The van der Waals surface area contributed by atoms with E-state index in [0.717, 1.165) is 16.5 Å². The second-order valence-electron chi connectivity index (χ2n) is 6.21. The van der Waals surface area contributed by atoms with Crippen LogP contribution in [0.15, 0.2) is 24.4 Å². The Balaban J connectivity index is 2.44. The van der Waals surface area contributed by atoms with Gasteiger partial charge in [0.15, 0.2) is 0 Å². The van der Waals surface area contributed by atoms with Crippen LogP contribution in [0.1, 0.15) is 26.3 Å². The Bertz CT molecular complexity index is 713. The molecule has 0 spiro atoms. The van der Waals surface area contributed by atoms with E-state index in [1.54, 1.807) is 19.4 Å². The molecule has 0 aliphatic carbocycles. The number of ether oxygens (including phenoxy) is 2. The van der Waals surface area contributed by atoms with Crippen LogP contribution in [-0.4, -0.2) is 36.3 Å². The zero-order valence-corrected chi connectivity index (χ0v) is 13.9. The lowest BCUT2D eigenvalue weighted by Crippen LogP contribution is -2.26. The zero-order chi connectivity index (χ0) is 17.0. The number of rotatable bonds is 5. The summed E-state index contributed by atoms with van der Waals surface area (Å²) < 4.78 is 12.2. The molecule has 6 nitrogen and oxygen atoms in total. The molecule has 0 saturated heterocycles. The van der Waals surface area contributed by atoms with E-state index in [1.807, 2.05) is 32.9 Å². The van der Waals surface area contributed by atoms with Gasteiger partial charge in [-0.05, 0) is 44.9 Å². The Kier molecular flexibility index (Phi) is 4.93. The van der Waals surface area contributed by atoms with Crippen molar-refractivity contribution in [2.75, 3.05) is 13.7 Å². The number of fused-ring (bicyclic) bond motifs is 1. The predicted molar refractivity (Wildman–Crippen MR) is 87.9 cm³/mol. The van der Waals surface area contributed by atoms with Gasteiger partial charge >= 0.3 is 6.09 Å². The largest absolute Gasteiger partial charge is 0.497 e. The molecule has 0 atom stereocenters. The Morgan fingerprint density at radius 2 is 2.09 bits per heavy atom. The lowest BCUT2D eigenvalue weighted by atomic mass is 10.1. The van der Waals surface area contributed by atoms with Gasteiger partial charge in [-0.2, -0.15) is 0 Å². The minimum Gasteiger partial charge on any atom is -0.497 e. The summed E-state index contributed by atoms with van der Waals surface area (Å²) in [5.41, 5.74) is 1.11. The van der Waals surface area contributed by atoms with Crippen LogP contribution in [0.2, 0.25) is 0 Å². The molecule has 0 unspecified atom stereocenters. The molecule has 0 saturated carbocycles. The van der Waals surface area contributed by atoms with Gasteiger partial charge in [0.1, 0.15) is 11.4 Å². The van der Waals surface area contributed by atoms with Gasteiger partial charge in [-0.3, -0.25) is 9.36 Å². The van der Waals surface area contributed by atoms with Crippen LogP contribution in [0.4, 0.5) is 4.79 Å². The van der Waals surface area contributed by atoms with Crippen LogP contribution in [0.5, 0.6) is 5.75 Å². The SMILES string of the molecule is COc1ccc2c(CCNC=O)cn(C(=O)OC(C)(C)C)c2c1. The maximum atomic E-state index is 12.4. The van der Waals surface area contributed by atoms with Crippen molar-refractivity contribution < 1.29 is 19.1 Å². The molecule has 1 N–H and O–H groups in total. The Hall–Kier alpha value is -2.50. The smallest absolute Gasteiger partial charge is 0.419 e. The molecular weight excluding hydrogens is 296 g/mol. The first-order valence-corrected chi connectivity index (χ1v) is 7.44. The molecule has 1 heterocycles. The first-order chi connectivity index (χ1) is 10.9. The van der Waals surface area contributed by atoms with E-state index in [1.165, 1.54) is 4.57 Å². The molecule has 2 aromatic rings. The number of carbonyl (C=O) groups is 2. The highest BCUT2D eigenvalue weighted by Gasteiger charge is 2.21. The summed E-state index contributed by atoms with van der Waals surface area (Å²) in [6, 6.07) is 5.56. The van der Waals surface area contributed by atoms with Gasteiger partial charge in [-0.25, -0.2) is 4.79 Å². The summed E-state index contributed by atoms with van der Waals surface area (Å²) in [5, 5.41) is 3.56. The zero-order valence-electron chi connectivity index (χ0n) is 13.9. The van der Waals surface area contributed by atoms with Gasteiger partial charge in [0.2, 0.25) is 6.41 Å². The molecule has 0 aliphatic rings. The monoisotopic (exact) mass is 318 g/mol. The average Bonchev–Trinajstić information content (AvgIpc) is 2.84. The van der Waals surface area contributed by atoms with Gasteiger partial charge in [0.25, 0.3) is 0 Å². The van der Waals surface area contributed by atoms with E-state index in [0.29, 0.717) is 25.1 Å². The number of amides is 1. The molecular formula is C17H22N2O4. The summed E-state index contributed by atoms with van der Waals surface area (Å²) in [6.07, 6.45) is 2.60. The highest BCUT2D eigenvalue weighted by Crippen LogP contribution is 2.27. The molecule has 0 radical (unpaired) electrons. The number of carbonyl (C=O) groups excluding carboxylic acids is 2. The van der Waals surface area contributed by atoms with Crippen LogP contribution in [0, 0.1) is 0 Å². The fourth-order valence-corrected chi connectivity index (χ4v) is 2.33. The van der Waals surface area contributed by atoms with Crippen LogP contribution in [-0.2, 0) is 16.0 Å². The van der Waals surface area contributed by atoms with Crippen LogP contribution in [0.25, 0.3) is 10.9 Å². The Morgan fingerprint density at radius 3 is 2.70 bits per heavy atom. The first-order valence-electron chi connectivity index (χ1n) is 7.44. The quantitative estimate of drug-likeness (QED) is 0.680. The van der Waals surface area contributed by atoms with Crippen molar-refractivity contribution in [3.8, 4) is 5.75 Å². The average molecular weight is 318 g/mol. The third-order valence-corrected chi connectivity index (χ3v) is 3.31. The van der Waals surface area contributed by atoms with Crippen molar-refractivity contribution in [1.29, 1.82) is 0 Å². The molecule has 0 bridgehead atoms. The Morgan fingerprint density at radius 1 is 1.35 bits per heavy atom. The fraction of sp³-hybridized carbons (Fsp3) is 0.412. The van der Waals surface area contributed by atoms with Crippen molar-refractivity contribution in [1.82, 2.24) is 9.88 Å². The maximum absolute atomic E-state index is 12.4. The highest BCUT2D eigenvalue weighted by atomic mass is 16.6. The highest BCUT2D eigenvalue weighted by molar-refractivity contribution is 5.93. The number of aromatic nitrogens is 1. The number of hydrogen-bond donors (Lipinski definition) is 1. The number of benzene rings is 1. The lowest BCUT2D eigenvalue weighted by molar-refractivity contribution is -0.109. The van der Waals surface area contributed by atoms with Gasteiger partial charge < -0.3 is 14.8 Å². The molecule has 1 amide bonds. The molecule has 1 aromatic carbocycles. The third-order valence-electron chi connectivity index (χ3n) is 3.31. The first kappa shape index (κ1) is 16.9. The van der Waals surface area contributed by atoms with Crippen LogP contribution >= 0.6 is 0 Å². The standard InChI is InChI=1S/C17H22N2O4/c1-17(2,3)23-16(21)19-10-12(7-8-18-11-20)14-6-5-13(22-4)9-15(14)19/h5-6,9-11H,7-8H2,1-4H3,(H,18,20). The van der Waals surface area contributed by atoms with E-state index in [2.05, 4.69) is 5.32 Å². The van der Waals surface area contributed by atoms with E-state index in [-0.39, 0.29) is 0 Å². The van der Waals surface area contributed by atoms with Gasteiger partial charge in [-0.15, -0.1) is 0 Å². The summed E-state index contributed by atoms with van der Waals surface area (Å²) >= 11 is 0. The van der Waals surface area contributed by atoms with E-state index >= 15 is 0 Å². The van der Waals surface area contributed by atoms with Crippen molar-refractivity contribution in [3.63, 3.8) is 0 Å². The molecule has 2 rings (SSSR count). The Labute approximate surface area is 135 Å². The van der Waals surface area contributed by atoms with E-state index in [9.17, 15) is 9.59 Å². The lowest BCUT2D eigenvalue weighted by Gasteiger charge is -2.19. The molecule has 0 aliphatic heterocycles. The predicted octanol–water partition coefficient (Wildman–Crippen LogP) is 2.72. The van der Waals surface area contributed by atoms with Crippen molar-refractivity contribution >= 4 is 23.4 Å². The third kappa shape index (κ3) is 4.03. The normalized spacial score (nSPS) is 11.3. The van der Waals surface area contributed by atoms with E-state index in [4.69, 9.17) is 9.47 Å². The molecule has 6 heteroatoms. The fourth-order valence-electron chi connectivity index (χ4n) is 2.33. The summed E-state index contributed by atoms with van der Waals surface area (Å²) in [6.45, 7) is 5.98. The van der Waals surface area contributed by atoms with Crippen molar-refractivity contribution in [2.24, 2.45) is 0 Å². The minimum atomic E-state index is -0.578. The summed E-state index contributed by atoms with van der Waals surface area (Å²) in [4.78, 5) is 22.9. The topological polar surface area (TPSA) is 69.6 Å². The summed E-state index contributed by atoms with van der Waals surface area (Å²) in [7, 11) is 1.58. The molecule has 0 fully saturated rings. The summed E-state index contributed by atoms with van der Waals surface area (Å²) in [5.74, 6) is 0.665. The van der Waals surface area contributed by atoms with Gasteiger partial charge in [0.05, 0.1) is 12.6 Å². The van der Waals surface area contributed by atoms with Crippen LogP contribution < -0.4 is 10.1 Å². The molecule has 1 aromatic heterocycles.